The SMILES string of the molecule is CC(C)CCN(CCC(N)=NO)C1CCCC1. The quantitative estimate of drug-likeness (QED) is 0.311. The Labute approximate surface area is 105 Å². The highest BCUT2D eigenvalue weighted by molar-refractivity contribution is 5.79. The molecule has 0 saturated heterocycles. The van der Waals surface area contributed by atoms with Gasteiger partial charge in [-0.05, 0) is 31.7 Å². The van der Waals surface area contributed by atoms with Crippen LogP contribution in [0.15, 0.2) is 5.16 Å². The minimum absolute atomic E-state index is 0.345. The van der Waals surface area contributed by atoms with E-state index in [1.807, 2.05) is 0 Å². The number of rotatable bonds is 7. The zero-order chi connectivity index (χ0) is 12.7. The van der Waals surface area contributed by atoms with Crippen molar-refractivity contribution in [3.63, 3.8) is 0 Å². The summed E-state index contributed by atoms with van der Waals surface area (Å²) in [5.41, 5.74) is 5.55. The van der Waals surface area contributed by atoms with Gasteiger partial charge in [-0.2, -0.15) is 0 Å². The van der Waals surface area contributed by atoms with Crippen molar-refractivity contribution in [1.29, 1.82) is 0 Å². The number of nitrogens with zero attached hydrogens (tertiary/aromatic N) is 2. The van der Waals surface area contributed by atoms with E-state index < -0.39 is 0 Å². The van der Waals surface area contributed by atoms with E-state index in [9.17, 15) is 0 Å². The molecule has 0 unspecified atom stereocenters. The predicted octanol–water partition coefficient (Wildman–Crippen LogP) is 2.41. The molecule has 1 saturated carbocycles. The zero-order valence-electron chi connectivity index (χ0n) is 11.2. The number of oxime groups is 1. The number of nitrogens with two attached hydrogens (primary N) is 1. The normalized spacial score (nSPS) is 18.5. The third kappa shape index (κ3) is 5.39. The van der Waals surface area contributed by atoms with Gasteiger partial charge in [-0.25, -0.2) is 0 Å². The van der Waals surface area contributed by atoms with Crippen LogP contribution in [-0.4, -0.2) is 35.1 Å². The van der Waals surface area contributed by atoms with Crippen molar-refractivity contribution in [2.75, 3.05) is 13.1 Å². The van der Waals surface area contributed by atoms with Crippen molar-refractivity contribution >= 4 is 5.84 Å². The topological polar surface area (TPSA) is 61.8 Å². The molecule has 0 aromatic heterocycles. The Bertz CT molecular complexity index is 235. The number of hydrogen-bond donors (Lipinski definition) is 2. The van der Waals surface area contributed by atoms with Crippen LogP contribution in [0.5, 0.6) is 0 Å². The Morgan fingerprint density at radius 1 is 1.35 bits per heavy atom. The highest BCUT2D eigenvalue weighted by Gasteiger charge is 2.22. The van der Waals surface area contributed by atoms with Gasteiger partial charge in [0.05, 0.1) is 0 Å². The van der Waals surface area contributed by atoms with E-state index in [1.54, 1.807) is 0 Å². The minimum Gasteiger partial charge on any atom is -0.409 e. The average molecular weight is 241 g/mol. The Balaban J connectivity index is 2.40. The van der Waals surface area contributed by atoms with Gasteiger partial charge in [0.15, 0.2) is 0 Å². The van der Waals surface area contributed by atoms with Crippen LogP contribution < -0.4 is 5.73 Å². The molecule has 1 aliphatic carbocycles. The molecule has 0 aromatic rings. The first-order chi connectivity index (χ1) is 8.13. The number of hydrogen-bond acceptors (Lipinski definition) is 3. The Kier molecular flexibility index (Phi) is 6.34. The van der Waals surface area contributed by atoms with E-state index in [4.69, 9.17) is 10.9 Å². The lowest BCUT2D eigenvalue weighted by atomic mass is 10.1. The monoisotopic (exact) mass is 241 g/mol. The van der Waals surface area contributed by atoms with Gasteiger partial charge in [0.1, 0.15) is 5.84 Å². The van der Waals surface area contributed by atoms with Crippen molar-refractivity contribution in [2.24, 2.45) is 16.8 Å². The van der Waals surface area contributed by atoms with Gasteiger partial charge in [0.2, 0.25) is 0 Å². The largest absolute Gasteiger partial charge is 0.409 e. The standard InChI is InChI=1S/C13H27N3O/c1-11(2)7-9-16(10-8-13(14)15-17)12-5-3-4-6-12/h11-12,17H,3-10H2,1-2H3,(H2,14,15). The summed E-state index contributed by atoms with van der Waals surface area (Å²) in [6.45, 7) is 6.58. The molecule has 1 rings (SSSR count). The predicted molar refractivity (Wildman–Crippen MR) is 71.3 cm³/mol. The van der Waals surface area contributed by atoms with E-state index in [0.717, 1.165) is 25.0 Å². The lowest BCUT2D eigenvalue weighted by Gasteiger charge is -2.29. The third-order valence-electron chi connectivity index (χ3n) is 3.62. The fraction of sp³-hybridized carbons (Fsp3) is 0.923. The molecule has 0 atom stereocenters. The van der Waals surface area contributed by atoms with Gasteiger partial charge in [-0.1, -0.05) is 31.8 Å². The van der Waals surface area contributed by atoms with Gasteiger partial charge in [-0.15, -0.1) is 0 Å². The second-order valence-electron chi connectivity index (χ2n) is 5.50. The third-order valence-corrected chi connectivity index (χ3v) is 3.62. The average Bonchev–Trinajstić information content (AvgIpc) is 2.81. The molecule has 3 N–H and O–H groups in total. The minimum atomic E-state index is 0.345. The lowest BCUT2D eigenvalue weighted by Crippen LogP contribution is -2.37. The van der Waals surface area contributed by atoms with E-state index in [-0.39, 0.29) is 0 Å². The molecule has 0 radical (unpaired) electrons. The highest BCUT2D eigenvalue weighted by atomic mass is 16.4. The van der Waals surface area contributed by atoms with Gasteiger partial charge in [0.25, 0.3) is 0 Å². The summed E-state index contributed by atoms with van der Waals surface area (Å²) in [5, 5.41) is 11.6. The fourth-order valence-electron chi connectivity index (χ4n) is 2.48. The zero-order valence-corrected chi connectivity index (χ0v) is 11.2. The van der Waals surface area contributed by atoms with E-state index in [0.29, 0.717) is 12.3 Å². The van der Waals surface area contributed by atoms with Crippen LogP contribution in [-0.2, 0) is 0 Å². The van der Waals surface area contributed by atoms with Crippen molar-refractivity contribution in [3.8, 4) is 0 Å². The second kappa shape index (κ2) is 7.54. The Morgan fingerprint density at radius 2 is 2.00 bits per heavy atom. The summed E-state index contributed by atoms with van der Waals surface area (Å²) in [4.78, 5) is 2.53. The van der Waals surface area contributed by atoms with Gasteiger partial charge in [0, 0.05) is 19.0 Å². The Hall–Kier alpha value is -0.770. The molecule has 0 aliphatic heterocycles. The summed E-state index contributed by atoms with van der Waals surface area (Å²) < 4.78 is 0. The summed E-state index contributed by atoms with van der Waals surface area (Å²) in [6, 6.07) is 0.722. The van der Waals surface area contributed by atoms with Crippen molar-refractivity contribution < 1.29 is 5.21 Å². The summed E-state index contributed by atoms with van der Waals surface area (Å²) in [7, 11) is 0. The van der Waals surface area contributed by atoms with Crippen LogP contribution >= 0.6 is 0 Å². The maximum absolute atomic E-state index is 8.58. The molecule has 0 bridgehead atoms. The van der Waals surface area contributed by atoms with Gasteiger partial charge >= 0.3 is 0 Å². The van der Waals surface area contributed by atoms with Crippen LogP contribution in [0.3, 0.4) is 0 Å². The summed E-state index contributed by atoms with van der Waals surface area (Å²) >= 11 is 0. The van der Waals surface area contributed by atoms with E-state index in [1.165, 1.54) is 32.1 Å². The molecular formula is C13H27N3O. The van der Waals surface area contributed by atoms with Gasteiger partial charge in [-0.3, -0.25) is 4.90 Å². The molecular weight excluding hydrogens is 214 g/mol. The van der Waals surface area contributed by atoms with Crippen molar-refractivity contribution in [2.45, 2.75) is 58.4 Å². The van der Waals surface area contributed by atoms with Crippen LogP contribution in [0, 0.1) is 5.92 Å². The van der Waals surface area contributed by atoms with Crippen molar-refractivity contribution in [3.05, 3.63) is 0 Å². The summed E-state index contributed by atoms with van der Waals surface area (Å²) in [5.74, 6) is 1.08. The number of amidine groups is 1. The fourth-order valence-corrected chi connectivity index (χ4v) is 2.48. The van der Waals surface area contributed by atoms with Crippen LogP contribution in [0.25, 0.3) is 0 Å². The van der Waals surface area contributed by atoms with E-state index >= 15 is 0 Å². The molecule has 0 heterocycles. The molecule has 0 spiro atoms. The molecule has 4 heteroatoms. The maximum Gasteiger partial charge on any atom is 0.140 e. The second-order valence-corrected chi connectivity index (χ2v) is 5.50. The smallest absolute Gasteiger partial charge is 0.140 e. The molecule has 17 heavy (non-hydrogen) atoms. The summed E-state index contributed by atoms with van der Waals surface area (Å²) in [6.07, 6.45) is 7.24. The molecule has 0 amide bonds. The molecule has 1 aliphatic rings. The van der Waals surface area contributed by atoms with Crippen LogP contribution in [0.2, 0.25) is 0 Å². The lowest BCUT2D eigenvalue weighted by molar-refractivity contribution is 0.192. The molecule has 100 valence electrons. The van der Waals surface area contributed by atoms with Crippen LogP contribution in [0.1, 0.15) is 52.4 Å². The van der Waals surface area contributed by atoms with Crippen molar-refractivity contribution in [1.82, 2.24) is 4.90 Å². The Morgan fingerprint density at radius 3 is 2.53 bits per heavy atom. The highest BCUT2D eigenvalue weighted by Crippen LogP contribution is 2.24. The van der Waals surface area contributed by atoms with E-state index in [2.05, 4.69) is 23.9 Å². The first-order valence-electron chi connectivity index (χ1n) is 6.84. The van der Waals surface area contributed by atoms with Gasteiger partial charge < -0.3 is 10.9 Å². The molecule has 4 nitrogen and oxygen atoms in total. The first-order valence-corrected chi connectivity index (χ1v) is 6.84. The first kappa shape index (κ1) is 14.3. The molecule has 0 aromatic carbocycles. The maximum atomic E-state index is 8.58. The van der Waals surface area contributed by atoms with Crippen LogP contribution in [0.4, 0.5) is 0 Å². The molecule has 1 fully saturated rings.